The van der Waals surface area contributed by atoms with Crippen LogP contribution in [0.15, 0.2) is 6.07 Å². The summed E-state index contributed by atoms with van der Waals surface area (Å²) in [5, 5.41) is 20.0. The van der Waals surface area contributed by atoms with E-state index < -0.39 is 23.3 Å². The summed E-state index contributed by atoms with van der Waals surface area (Å²) in [6.07, 6.45) is 0. The van der Waals surface area contributed by atoms with E-state index in [-0.39, 0.29) is 16.1 Å². The summed E-state index contributed by atoms with van der Waals surface area (Å²) in [5.74, 6) is -2.44. The van der Waals surface area contributed by atoms with Gasteiger partial charge in [-0.1, -0.05) is 11.6 Å². The van der Waals surface area contributed by atoms with Gasteiger partial charge in [-0.15, -0.1) is 0 Å². The lowest BCUT2D eigenvalue weighted by atomic mass is 10.1. The molecule has 0 spiro atoms. The molecule has 0 saturated heterocycles. The standard InChI is InChI=1S/C8H4ClNO4/c9-5-4-2(1-3(11)6(5)12)7(13)10-8(4)14/h1,11-12H,(H,10,13,14). The van der Waals surface area contributed by atoms with Crippen LogP contribution in [-0.4, -0.2) is 22.0 Å². The van der Waals surface area contributed by atoms with E-state index in [2.05, 4.69) is 0 Å². The Bertz CT molecular complexity index is 469. The Morgan fingerprint density at radius 2 is 1.86 bits per heavy atom. The lowest BCUT2D eigenvalue weighted by molar-refractivity contribution is 0.0879. The molecule has 0 saturated carbocycles. The van der Waals surface area contributed by atoms with Gasteiger partial charge in [-0.25, -0.2) is 0 Å². The number of halogens is 1. The lowest BCUT2D eigenvalue weighted by Crippen LogP contribution is -2.20. The van der Waals surface area contributed by atoms with Gasteiger partial charge in [0, 0.05) is 0 Å². The molecule has 0 unspecified atom stereocenters. The number of amides is 2. The molecule has 72 valence electrons. The number of hydrogen-bond acceptors (Lipinski definition) is 4. The zero-order valence-electron chi connectivity index (χ0n) is 6.67. The van der Waals surface area contributed by atoms with E-state index >= 15 is 0 Å². The van der Waals surface area contributed by atoms with Gasteiger partial charge in [-0.05, 0) is 6.07 Å². The van der Waals surface area contributed by atoms with Crippen molar-refractivity contribution in [3.8, 4) is 11.5 Å². The normalized spacial score (nSPS) is 14.1. The van der Waals surface area contributed by atoms with Crippen molar-refractivity contribution in [2.75, 3.05) is 0 Å². The van der Waals surface area contributed by atoms with Crippen molar-refractivity contribution in [3.05, 3.63) is 22.2 Å². The van der Waals surface area contributed by atoms with Gasteiger partial charge in [-0.3, -0.25) is 14.9 Å². The minimum Gasteiger partial charge on any atom is -0.504 e. The van der Waals surface area contributed by atoms with E-state index in [9.17, 15) is 14.7 Å². The molecule has 0 aliphatic carbocycles. The maximum atomic E-state index is 11.2. The Balaban J connectivity index is 2.82. The number of fused-ring (bicyclic) bond motifs is 1. The predicted molar refractivity (Wildman–Crippen MR) is 46.6 cm³/mol. The molecule has 0 radical (unpaired) electrons. The molecule has 1 aromatic carbocycles. The molecule has 1 aliphatic rings. The van der Waals surface area contributed by atoms with Crippen LogP contribution in [0.4, 0.5) is 0 Å². The van der Waals surface area contributed by atoms with Crippen molar-refractivity contribution in [3.63, 3.8) is 0 Å². The number of phenols is 2. The second-order valence-corrected chi connectivity index (χ2v) is 3.14. The lowest BCUT2D eigenvalue weighted by Gasteiger charge is -2.02. The minimum absolute atomic E-state index is 0.0321. The first-order valence-corrected chi connectivity index (χ1v) is 4.00. The summed E-state index contributed by atoms with van der Waals surface area (Å²) in [7, 11) is 0. The van der Waals surface area contributed by atoms with E-state index in [0.29, 0.717) is 0 Å². The molecule has 1 aliphatic heterocycles. The number of nitrogens with one attached hydrogen (secondary N) is 1. The fourth-order valence-corrected chi connectivity index (χ4v) is 1.54. The Kier molecular flexibility index (Phi) is 1.65. The first-order valence-electron chi connectivity index (χ1n) is 3.62. The maximum Gasteiger partial charge on any atom is 0.260 e. The molecule has 1 heterocycles. The van der Waals surface area contributed by atoms with Crippen LogP contribution in [0.3, 0.4) is 0 Å². The number of carbonyl (C=O) groups excluding carboxylic acids is 2. The Hall–Kier alpha value is -1.75. The largest absolute Gasteiger partial charge is 0.504 e. The van der Waals surface area contributed by atoms with Gasteiger partial charge in [0.05, 0.1) is 16.1 Å². The summed E-state index contributed by atoms with van der Waals surface area (Å²) in [6, 6.07) is 0.997. The molecule has 6 heteroatoms. The van der Waals surface area contributed by atoms with E-state index in [0.717, 1.165) is 6.07 Å². The van der Waals surface area contributed by atoms with Gasteiger partial charge >= 0.3 is 0 Å². The van der Waals surface area contributed by atoms with E-state index in [4.69, 9.17) is 16.7 Å². The van der Waals surface area contributed by atoms with Gasteiger partial charge in [0.15, 0.2) is 11.5 Å². The second-order valence-electron chi connectivity index (χ2n) is 2.76. The zero-order valence-corrected chi connectivity index (χ0v) is 7.42. The van der Waals surface area contributed by atoms with Crippen molar-refractivity contribution >= 4 is 23.4 Å². The number of imide groups is 1. The number of rotatable bonds is 0. The molecule has 0 bridgehead atoms. The monoisotopic (exact) mass is 213 g/mol. The van der Waals surface area contributed by atoms with Gasteiger partial charge in [0.1, 0.15) is 0 Å². The van der Waals surface area contributed by atoms with Crippen LogP contribution in [0.25, 0.3) is 0 Å². The van der Waals surface area contributed by atoms with Crippen molar-refractivity contribution in [2.24, 2.45) is 0 Å². The molecule has 5 nitrogen and oxygen atoms in total. The van der Waals surface area contributed by atoms with Crippen molar-refractivity contribution in [1.29, 1.82) is 0 Å². The summed E-state index contributed by atoms with van der Waals surface area (Å²) in [6.45, 7) is 0. The van der Waals surface area contributed by atoms with E-state index in [1.807, 2.05) is 5.32 Å². The molecule has 0 aromatic heterocycles. The Morgan fingerprint density at radius 1 is 1.21 bits per heavy atom. The fraction of sp³-hybridized carbons (Fsp3) is 0. The molecular formula is C8H4ClNO4. The molecule has 0 atom stereocenters. The van der Waals surface area contributed by atoms with Crippen molar-refractivity contribution in [2.45, 2.75) is 0 Å². The van der Waals surface area contributed by atoms with Crippen molar-refractivity contribution in [1.82, 2.24) is 5.32 Å². The number of benzene rings is 1. The highest BCUT2D eigenvalue weighted by atomic mass is 35.5. The molecule has 3 N–H and O–H groups in total. The first-order chi connectivity index (χ1) is 6.52. The minimum atomic E-state index is -0.676. The van der Waals surface area contributed by atoms with Gasteiger partial charge in [0.25, 0.3) is 11.8 Å². The van der Waals surface area contributed by atoms with Crippen LogP contribution in [0.2, 0.25) is 5.02 Å². The van der Waals surface area contributed by atoms with Gasteiger partial charge < -0.3 is 10.2 Å². The summed E-state index contributed by atoms with van der Waals surface area (Å²) in [4.78, 5) is 22.3. The quantitative estimate of drug-likeness (QED) is 0.436. The average Bonchev–Trinajstić information content (AvgIpc) is 2.38. The Morgan fingerprint density at radius 3 is 2.50 bits per heavy atom. The zero-order chi connectivity index (χ0) is 10.5. The average molecular weight is 214 g/mol. The van der Waals surface area contributed by atoms with Crippen molar-refractivity contribution < 1.29 is 19.8 Å². The van der Waals surface area contributed by atoms with E-state index in [1.54, 1.807) is 0 Å². The highest BCUT2D eigenvalue weighted by Crippen LogP contribution is 2.39. The second kappa shape index (κ2) is 2.62. The highest BCUT2D eigenvalue weighted by Gasteiger charge is 2.32. The molecule has 2 amide bonds. The molecule has 14 heavy (non-hydrogen) atoms. The highest BCUT2D eigenvalue weighted by molar-refractivity contribution is 6.38. The number of hydrogen-bond donors (Lipinski definition) is 3. The van der Waals surface area contributed by atoms with Crippen LogP contribution < -0.4 is 5.32 Å². The van der Waals surface area contributed by atoms with Crippen LogP contribution in [-0.2, 0) is 0 Å². The number of carbonyl (C=O) groups is 2. The van der Waals surface area contributed by atoms with Crippen LogP contribution >= 0.6 is 11.6 Å². The third-order valence-corrected chi connectivity index (χ3v) is 2.29. The van der Waals surface area contributed by atoms with Gasteiger partial charge in [0.2, 0.25) is 0 Å². The summed E-state index contributed by atoms with van der Waals surface area (Å²) < 4.78 is 0. The molecular weight excluding hydrogens is 210 g/mol. The molecule has 2 rings (SSSR count). The first kappa shape index (κ1) is 8.83. The summed E-state index contributed by atoms with van der Waals surface area (Å²) in [5.41, 5.74) is -0.137. The van der Waals surface area contributed by atoms with Crippen LogP contribution in [0.5, 0.6) is 11.5 Å². The van der Waals surface area contributed by atoms with Crippen LogP contribution in [0, 0.1) is 0 Å². The topological polar surface area (TPSA) is 86.6 Å². The Labute approximate surface area is 82.9 Å². The third-order valence-electron chi connectivity index (χ3n) is 1.92. The van der Waals surface area contributed by atoms with Gasteiger partial charge in [-0.2, -0.15) is 0 Å². The fourth-order valence-electron chi connectivity index (χ4n) is 1.26. The maximum absolute atomic E-state index is 11.2. The molecule has 1 aromatic rings. The summed E-state index contributed by atoms with van der Waals surface area (Å²) >= 11 is 5.58. The molecule has 0 fully saturated rings. The van der Waals surface area contributed by atoms with E-state index in [1.165, 1.54) is 0 Å². The smallest absolute Gasteiger partial charge is 0.260 e. The SMILES string of the molecule is O=C1NC(=O)c2c1cc(O)c(O)c2Cl. The number of aromatic hydroxyl groups is 2. The third kappa shape index (κ3) is 0.958. The predicted octanol–water partition coefficient (Wildman–Crippen LogP) is 0.635. The van der Waals surface area contributed by atoms with Crippen LogP contribution in [0.1, 0.15) is 20.7 Å². The number of phenolic OH excluding ortho intramolecular Hbond substituents is 2.